The number of hydrogen-bond acceptors (Lipinski definition) is 4. The third-order valence-electron chi connectivity index (χ3n) is 4.50. The molecule has 0 amide bonds. The first-order chi connectivity index (χ1) is 14.1. The molecule has 0 spiro atoms. The van der Waals surface area contributed by atoms with Crippen molar-refractivity contribution in [1.29, 1.82) is 5.41 Å². The van der Waals surface area contributed by atoms with Crippen LogP contribution in [0.15, 0.2) is 91.0 Å². The van der Waals surface area contributed by atoms with Crippen LogP contribution in [0.4, 0.5) is 5.69 Å². The van der Waals surface area contributed by atoms with Crippen molar-refractivity contribution < 1.29 is 4.74 Å². The molecule has 0 aliphatic carbocycles. The van der Waals surface area contributed by atoms with Crippen LogP contribution in [0.3, 0.4) is 0 Å². The molecule has 4 aromatic rings. The maximum Gasteiger partial charge on any atom is 0.127 e. The second kappa shape index (κ2) is 7.86. The van der Waals surface area contributed by atoms with E-state index in [0.717, 1.165) is 22.6 Å². The zero-order valence-electron chi connectivity index (χ0n) is 15.7. The number of anilines is 1. The van der Waals surface area contributed by atoms with Crippen LogP contribution in [-0.4, -0.2) is 10.8 Å². The smallest absolute Gasteiger partial charge is 0.127 e. The molecule has 0 atom stereocenters. The van der Waals surface area contributed by atoms with Crippen molar-refractivity contribution in [2.75, 3.05) is 5.73 Å². The average molecular weight is 380 g/mol. The number of para-hydroxylation sites is 1. The minimum atomic E-state index is -0.116. The molecule has 0 bridgehead atoms. The van der Waals surface area contributed by atoms with Gasteiger partial charge in [0.2, 0.25) is 0 Å². The van der Waals surface area contributed by atoms with Crippen molar-refractivity contribution in [3.63, 3.8) is 0 Å². The number of nitrogens with one attached hydrogen (secondary N) is 1. The maximum absolute atomic E-state index is 7.97. The number of nitrogens with zero attached hydrogens (tertiary/aromatic N) is 1. The first-order valence-electron chi connectivity index (χ1n) is 9.15. The van der Waals surface area contributed by atoms with Crippen molar-refractivity contribution >= 4 is 11.5 Å². The molecule has 0 unspecified atom stereocenters. The number of ether oxygens (including phenoxy) is 1. The zero-order valence-corrected chi connectivity index (χ0v) is 15.7. The molecule has 5 heteroatoms. The molecular formula is C24H20N4O. The molecule has 0 aliphatic heterocycles. The second-order valence-corrected chi connectivity index (χ2v) is 6.54. The SMILES string of the molecule is N=C(N)c1c(N)cc(-c2ccccc2)nc1-c1ccc(Oc2ccccc2)cc1. The molecular weight excluding hydrogens is 360 g/mol. The Balaban J connectivity index is 1.75. The summed E-state index contributed by atoms with van der Waals surface area (Å²) >= 11 is 0. The van der Waals surface area contributed by atoms with Gasteiger partial charge in [-0.15, -0.1) is 0 Å². The average Bonchev–Trinajstić information content (AvgIpc) is 2.75. The van der Waals surface area contributed by atoms with Gasteiger partial charge in [-0.2, -0.15) is 0 Å². The molecule has 0 saturated heterocycles. The van der Waals surface area contributed by atoms with E-state index in [2.05, 4.69) is 0 Å². The number of aromatic nitrogens is 1. The van der Waals surface area contributed by atoms with Gasteiger partial charge in [-0.25, -0.2) is 4.98 Å². The van der Waals surface area contributed by atoms with Crippen LogP contribution in [0.5, 0.6) is 11.5 Å². The number of amidine groups is 1. The quantitative estimate of drug-likeness (QED) is 0.332. The van der Waals surface area contributed by atoms with Crippen LogP contribution < -0.4 is 16.2 Å². The number of hydrogen-bond donors (Lipinski definition) is 3. The number of benzene rings is 3. The molecule has 0 radical (unpaired) electrons. The fourth-order valence-corrected chi connectivity index (χ4v) is 3.12. The minimum absolute atomic E-state index is 0.116. The van der Waals surface area contributed by atoms with Gasteiger partial charge in [0.15, 0.2) is 0 Å². The first kappa shape index (κ1) is 18.3. The van der Waals surface area contributed by atoms with E-state index in [9.17, 15) is 0 Å². The molecule has 142 valence electrons. The van der Waals surface area contributed by atoms with E-state index >= 15 is 0 Å². The summed E-state index contributed by atoms with van der Waals surface area (Å²) in [6.07, 6.45) is 0. The maximum atomic E-state index is 7.97. The second-order valence-electron chi connectivity index (χ2n) is 6.54. The highest BCUT2D eigenvalue weighted by Gasteiger charge is 2.16. The van der Waals surface area contributed by atoms with E-state index in [-0.39, 0.29) is 5.84 Å². The lowest BCUT2D eigenvalue weighted by Crippen LogP contribution is -2.16. The Morgan fingerprint density at radius 3 is 1.97 bits per heavy atom. The lowest BCUT2D eigenvalue weighted by molar-refractivity contribution is 0.483. The Kier molecular flexibility index (Phi) is 4.95. The van der Waals surface area contributed by atoms with Crippen LogP contribution in [-0.2, 0) is 0 Å². The van der Waals surface area contributed by atoms with Crippen molar-refractivity contribution in [2.24, 2.45) is 5.73 Å². The molecule has 1 aromatic heterocycles. The molecule has 29 heavy (non-hydrogen) atoms. The highest BCUT2D eigenvalue weighted by Crippen LogP contribution is 2.32. The van der Waals surface area contributed by atoms with E-state index in [1.54, 1.807) is 6.07 Å². The van der Waals surface area contributed by atoms with E-state index < -0.39 is 0 Å². The van der Waals surface area contributed by atoms with Gasteiger partial charge in [0.1, 0.15) is 17.3 Å². The van der Waals surface area contributed by atoms with Gasteiger partial charge in [0.25, 0.3) is 0 Å². The summed E-state index contributed by atoms with van der Waals surface area (Å²) in [6, 6.07) is 28.6. The summed E-state index contributed by atoms with van der Waals surface area (Å²) in [5.74, 6) is 1.35. The molecule has 3 aromatic carbocycles. The molecule has 1 heterocycles. The number of nitrogens with two attached hydrogens (primary N) is 2. The summed E-state index contributed by atoms with van der Waals surface area (Å²) in [5, 5.41) is 7.97. The van der Waals surface area contributed by atoms with Crippen LogP contribution in [0.2, 0.25) is 0 Å². The normalized spacial score (nSPS) is 10.5. The van der Waals surface area contributed by atoms with E-state index in [1.165, 1.54) is 0 Å². The van der Waals surface area contributed by atoms with Gasteiger partial charge < -0.3 is 16.2 Å². The third kappa shape index (κ3) is 3.94. The summed E-state index contributed by atoms with van der Waals surface area (Å²) in [7, 11) is 0. The lowest BCUT2D eigenvalue weighted by Gasteiger charge is -2.14. The zero-order chi connectivity index (χ0) is 20.2. The molecule has 0 saturated carbocycles. The Morgan fingerprint density at radius 1 is 0.759 bits per heavy atom. The predicted octanol–water partition coefficient (Wildman–Crippen LogP) is 5.07. The standard InChI is InChI=1S/C24H20N4O/c25-20-15-21(16-7-3-1-4-8-16)28-23(22(20)24(26)27)17-11-13-19(14-12-17)29-18-9-5-2-6-10-18/h1-15H,(H2,25,28)(H3,26,27). The van der Waals surface area contributed by atoms with Crippen molar-refractivity contribution in [3.05, 3.63) is 96.6 Å². The van der Waals surface area contributed by atoms with E-state index in [0.29, 0.717) is 22.7 Å². The lowest BCUT2D eigenvalue weighted by atomic mass is 10.0. The third-order valence-corrected chi connectivity index (χ3v) is 4.50. The van der Waals surface area contributed by atoms with E-state index in [1.807, 2.05) is 84.9 Å². The summed E-state index contributed by atoms with van der Waals surface area (Å²) in [4.78, 5) is 4.77. The van der Waals surface area contributed by atoms with Crippen LogP contribution in [0.25, 0.3) is 22.5 Å². The van der Waals surface area contributed by atoms with Gasteiger partial charge in [0.05, 0.1) is 17.0 Å². The van der Waals surface area contributed by atoms with Crippen molar-refractivity contribution in [1.82, 2.24) is 4.98 Å². The van der Waals surface area contributed by atoms with Gasteiger partial charge in [-0.1, -0.05) is 48.5 Å². The Labute approximate surface area is 169 Å². The molecule has 5 nitrogen and oxygen atoms in total. The van der Waals surface area contributed by atoms with E-state index in [4.69, 9.17) is 26.6 Å². The Hall–Kier alpha value is -4.12. The minimum Gasteiger partial charge on any atom is -0.457 e. The monoisotopic (exact) mass is 380 g/mol. The van der Waals surface area contributed by atoms with Gasteiger partial charge in [0, 0.05) is 16.8 Å². The van der Waals surface area contributed by atoms with Crippen LogP contribution in [0.1, 0.15) is 5.56 Å². The summed E-state index contributed by atoms with van der Waals surface area (Å²) in [6.45, 7) is 0. The summed E-state index contributed by atoms with van der Waals surface area (Å²) < 4.78 is 5.85. The van der Waals surface area contributed by atoms with Crippen molar-refractivity contribution in [3.8, 4) is 34.0 Å². The summed E-state index contributed by atoms with van der Waals surface area (Å²) in [5.41, 5.74) is 16.0. The molecule has 0 fully saturated rings. The van der Waals surface area contributed by atoms with Gasteiger partial charge in [-0.05, 0) is 42.5 Å². The fraction of sp³-hybridized carbons (Fsp3) is 0. The Bertz CT molecular complexity index is 1140. The number of rotatable bonds is 5. The van der Waals surface area contributed by atoms with Gasteiger partial charge in [-0.3, -0.25) is 5.41 Å². The highest BCUT2D eigenvalue weighted by atomic mass is 16.5. The Morgan fingerprint density at radius 2 is 1.34 bits per heavy atom. The van der Waals surface area contributed by atoms with Crippen LogP contribution in [0, 0.1) is 5.41 Å². The topological polar surface area (TPSA) is 98.0 Å². The fourth-order valence-electron chi connectivity index (χ4n) is 3.12. The molecule has 4 rings (SSSR count). The molecule has 0 aliphatic rings. The highest BCUT2D eigenvalue weighted by molar-refractivity contribution is 6.05. The predicted molar refractivity (Wildman–Crippen MR) is 117 cm³/mol. The number of nitrogen functional groups attached to an aromatic ring is 2. The first-order valence-corrected chi connectivity index (χ1v) is 9.15. The number of pyridine rings is 1. The van der Waals surface area contributed by atoms with Crippen molar-refractivity contribution in [2.45, 2.75) is 0 Å². The van der Waals surface area contributed by atoms with Gasteiger partial charge >= 0.3 is 0 Å². The molecule has 5 N–H and O–H groups in total. The van der Waals surface area contributed by atoms with Crippen LogP contribution >= 0.6 is 0 Å². The largest absolute Gasteiger partial charge is 0.457 e.